The molecule has 0 saturated heterocycles. The zero-order chi connectivity index (χ0) is 18.9. The number of methoxy groups -OCH3 is 1. The van der Waals surface area contributed by atoms with Gasteiger partial charge >= 0.3 is 0 Å². The molecule has 0 aliphatic rings. The second kappa shape index (κ2) is 15.0. The minimum Gasteiger partial charge on any atom is -0.457 e. The van der Waals surface area contributed by atoms with E-state index in [4.69, 9.17) is 4.74 Å². The van der Waals surface area contributed by atoms with Gasteiger partial charge in [0.05, 0.1) is 0 Å². The lowest BCUT2D eigenvalue weighted by molar-refractivity contribution is 0.277. The van der Waals surface area contributed by atoms with Gasteiger partial charge in [-0.1, -0.05) is 81.1 Å². The fraction of sp³-hybridized carbons (Fsp3) is 0.217. The number of allylic oxidation sites excluding steroid dienone is 4. The van der Waals surface area contributed by atoms with Crippen LogP contribution >= 0.6 is 0 Å². The number of hydrogen-bond donors (Lipinski definition) is 0. The molecule has 0 N–H and O–H groups in total. The van der Waals surface area contributed by atoms with Gasteiger partial charge in [0.1, 0.15) is 11.5 Å². The van der Waals surface area contributed by atoms with Gasteiger partial charge in [0.25, 0.3) is 0 Å². The summed E-state index contributed by atoms with van der Waals surface area (Å²) >= 11 is 0. The minimum absolute atomic E-state index is 0.769. The Morgan fingerprint density at radius 3 is 2.04 bits per heavy atom. The lowest BCUT2D eigenvalue weighted by Gasteiger charge is -2.11. The quantitative estimate of drug-likeness (QED) is 0.448. The molecule has 2 nitrogen and oxygen atoms in total. The molecular formula is C23H30O2. The second-order valence-electron chi connectivity index (χ2n) is 4.68. The van der Waals surface area contributed by atoms with Crippen LogP contribution in [0.1, 0.15) is 20.8 Å². The van der Waals surface area contributed by atoms with Gasteiger partial charge in [0.15, 0.2) is 0 Å². The van der Waals surface area contributed by atoms with Crippen molar-refractivity contribution in [1.82, 2.24) is 0 Å². The highest BCUT2D eigenvalue weighted by molar-refractivity contribution is 5.70. The van der Waals surface area contributed by atoms with Gasteiger partial charge in [-0.3, -0.25) is 0 Å². The second-order valence-corrected chi connectivity index (χ2v) is 4.68. The Labute approximate surface area is 153 Å². The molecule has 0 aliphatic carbocycles. The highest BCUT2D eigenvalue weighted by Gasteiger charge is 2.06. The fourth-order valence-electron chi connectivity index (χ4n) is 1.94. The molecule has 0 bridgehead atoms. The molecule has 2 aromatic carbocycles. The van der Waals surface area contributed by atoms with E-state index in [0.29, 0.717) is 0 Å². The molecule has 0 unspecified atom stereocenters. The predicted octanol–water partition coefficient (Wildman–Crippen LogP) is 6.67. The summed E-state index contributed by atoms with van der Waals surface area (Å²) in [5.41, 5.74) is 2.22. The van der Waals surface area contributed by atoms with Crippen molar-refractivity contribution in [3.8, 4) is 16.9 Å². The first-order chi connectivity index (χ1) is 12.3. The average molecular weight is 338 g/mol. The van der Waals surface area contributed by atoms with Crippen molar-refractivity contribution in [2.75, 3.05) is 14.2 Å². The maximum atomic E-state index is 5.98. The zero-order valence-electron chi connectivity index (χ0n) is 16.0. The smallest absolute Gasteiger partial charge is 0.135 e. The molecule has 0 atom stereocenters. The van der Waals surface area contributed by atoms with Crippen molar-refractivity contribution in [3.05, 3.63) is 91.2 Å². The van der Waals surface area contributed by atoms with Gasteiger partial charge in [-0.2, -0.15) is 0 Å². The van der Waals surface area contributed by atoms with E-state index < -0.39 is 0 Å². The standard InChI is InChI=1S/C19H18O.C2H6O.C2H6/c1-3-10-17(11-4-2)20-19-15-9-8-14-18(19)16-12-6-5-7-13-16;1-3-2;1-2/h3-15H,1H2,2H3;1-2H3;1-2H3/b11-4-,17-10+;;. The van der Waals surface area contributed by atoms with Crippen LogP contribution in [-0.2, 0) is 4.74 Å². The van der Waals surface area contributed by atoms with Gasteiger partial charge in [-0.15, -0.1) is 0 Å². The molecule has 2 rings (SSSR count). The number of benzene rings is 2. The van der Waals surface area contributed by atoms with Crippen LogP contribution in [0.25, 0.3) is 11.1 Å². The third-order valence-electron chi connectivity index (χ3n) is 2.81. The van der Waals surface area contributed by atoms with Crippen LogP contribution in [0.15, 0.2) is 91.2 Å². The van der Waals surface area contributed by atoms with E-state index in [1.807, 2.05) is 75.4 Å². The largest absolute Gasteiger partial charge is 0.457 e. The van der Waals surface area contributed by atoms with Crippen molar-refractivity contribution < 1.29 is 9.47 Å². The van der Waals surface area contributed by atoms with Gasteiger partial charge < -0.3 is 9.47 Å². The molecule has 25 heavy (non-hydrogen) atoms. The van der Waals surface area contributed by atoms with Crippen molar-refractivity contribution in [2.45, 2.75) is 20.8 Å². The van der Waals surface area contributed by atoms with Crippen LogP contribution < -0.4 is 4.74 Å². The van der Waals surface area contributed by atoms with Gasteiger partial charge in [-0.25, -0.2) is 0 Å². The third-order valence-corrected chi connectivity index (χ3v) is 2.81. The predicted molar refractivity (Wildman–Crippen MR) is 110 cm³/mol. The Morgan fingerprint density at radius 1 is 0.920 bits per heavy atom. The Balaban J connectivity index is 0.00000104. The van der Waals surface area contributed by atoms with Crippen LogP contribution in [0, 0.1) is 0 Å². The molecule has 0 aromatic heterocycles. The average Bonchev–Trinajstić information content (AvgIpc) is 2.66. The van der Waals surface area contributed by atoms with E-state index in [0.717, 1.165) is 22.6 Å². The monoisotopic (exact) mass is 338 g/mol. The Kier molecular flexibility index (Phi) is 13.4. The normalized spacial score (nSPS) is 10.2. The summed E-state index contributed by atoms with van der Waals surface area (Å²) in [6.07, 6.45) is 7.44. The summed E-state index contributed by atoms with van der Waals surface area (Å²) < 4.78 is 10.2. The molecule has 0 aliphatic heterocycles. The minimum atomic E-state index is 0.769. The molecule has 134 valence electrons. The summed E-state index contributed by atoms with van der Waals surface area (Å²) in [6, 6.07) is 18.2. The van der Waals surface area contributed by atoms with Crippen LogP contribution in [0.2, 0.25) is 0 Å². The van der Waals surface area contributed by atoms with Crippen LogP contribution in [-0.4, -0.2) is 14.2 Å². The van der Waals surface area contributed by atoms with Crippen molar-refractivity contribution >= 4 is 0 Å². The van der Waals surface area contributed by atoms with E-state index in [1.54, 1.807) is 20.3 Å². The first-order valence-electron chi connectivity index (χ1n) is 8.44. The number of para-hydroxylation sites is 1. The summed E-state index contributed by atoms with van der Waals surface area (Å²) in [6.45, 7) is 9.68. The van der Waals surface area contributed by atoms with Crippen molar-refractivity contribution in [1.29, 1.82) is 0 Å². The summed E-state index contributed by atoms with van der Waals surface area (Å²) in [5, 5.41) is 0. The van der Waals surface area contributed by atoms with E-state index in [1.165, 1.54) is 0 Å². The lowest BCUT2D eigenvalue weighted by atomic mass is 10.0. The highest BCUT2D eigenvalue weighted by atomic mass is 16.5. The molecule has 0 amide bonds. The maximum Gasteiger partial charge on any atom is 0.135 e. The fourth-order valence-corrected chi connectivity index (χ4v) is 1.94. The molecule has 0 fully saturated rings. The number of rotatable bonds is 5. The van der Waals surface area contributed by atoms with Gasteiger partial charge in [0, 0.05) is 19.8 Å². The number of hydrogen-bond acceptors (Lipinski definition) is 2. The molecule has 0 radical (unpaired) electrons. The van der Waals surface area contributed by atoms with E-state index >= 15 is 0 Å². The Bertz CT molecular complexity index is 640. The van der Waals surface area contributed by atoms with E-state index in [9.17, 15) is 0 Å². The SMILES string of the molecule is C=C/C=C(\C=C/C)Oc1ccccc1-c1ccccc1.CC.COC. The maximum absolute atomic E-state index is 5.98. The zero-order valence-corrected chi connectivity index (χ0v) is 16.0. The molecular weight excluding hydrogens is 308 g/mol. The number of ether oxygens (including phenoxy) is 2. The summed E-state index contributed by atoms with van der Waals surface area (Å²) in [5.74, 6) is 1.61. The van der Waals surface area contributed by atoms with Gasteiger partial charge in [0.2, 0.25) is 0 Å². The van der Waals surface area contributed by atoms with E-state index in [2.05, 4.69) is 29.5 Å². The first kappa shape index (κ1) is 22.4. The van der Waals surface area contributed by atoms with E-state index in [-0.39, 0.29) is 0 Å². The summed E-state index contributed by atoms with van der Waals surface area (Å²) in [4.78, 5) is 0. The van der Waals surface area contributed by atoms with Crippen LogP contribution in [0.5, 0.6) is 5.75 Å². The van der Waals surface area contributed by atoms with Crippen LogP contribution in [0.4, 0.5) is 0 Å². The first-order valence-corrected chi connectivity index (χ1v) is 8.44. The molecule has 2 heteroatoms. The third kappa shape index (κ3) is 8.73. The molecule has 0 heterocycles. The molecule has 2 aromatic rings. The van der Waals surface area contributed by atoms with Crippen molar-refractivity contribution in [3.63, 3.8) is 0 Å². The van der Waals surface area contributed by atoms with Crippen LogP contribution in [0.3, 0.4) is 0 Å². The lowest BCUT2D eigenvalue weighted by Crippen LogP contribution is -1.94. The topological polar surface area (TPSA) is 18.5 Å². The molecule has 0 spiro atoms. The highest BCUT2D eigenvalue weighted by Crippen LogP contribution is 2.30. The van der Waals surface area contributed by atoms with Gasteiger partial charge in [-0.05, 0) is 30.7 Å². The van der Waals surface area contributed by atoms with Crippen molar-refractivity contribution in [2.24, 2.45) is 0 Å². The Hall–Kier alpha value is -2.58. The molecule has 0 saturated carbocycles. The Morgan fingerprint density at radius 2 is 1.48 bits per heavy atom. The summed E-state index contributed by atoms with van der Waals surface area (Å²) in [7, 11) is 3.25.